The Labute approximate surface area is 135 Å². The second-order valence-corrected chi connectivity index (χ2v) is 5.68. The van der Waals surface area contributed by atoms with Gasteiger partial charge in [0.15, 0.2) is 10.8 Å². The quantitative estimate of drug-likeness (QED) is 0.818. The Morgan fingerprint density at radius 2 is 2.05 bits per heavy atom. The Balaban J connectivity index is 1.97. The molecule has 0 aromatic carbocycles. The fourth-order valence-electron chi connectivity index (χ4n) is 1.75. The maximum atomic E-state index is 12.1. The van der Waals surface area contributed by atoms with Crippen LogP contribution in [-0.2, 0) is 9.53 Å². The number of carbonyl (C=O) groups is 2. The average Bonchev–Trinajstić information content (AvgIpc) is 3.07. The molecule has 2 aromatic heterocycles. The van der Waals surface area contributed by atoms with Crippen molar-refractivity contribution in [2.45, 2.75) is 32.9 Å². The van der Waals surface area contributed by atoms with Crippen LogP contribution in [0.15, 0.2) is 33.5 Å². The standard InChI is InChI=1S/C14H16BrN3O4/c1-8(2)18-12(6-7-16-18)17-13(19)9(3)21-14(20)10-4-5-11(15)22-10/h4-9H,1-3H3,(H,17,19)/t9-/m0/s1. The van der Waals surface area contributed by atoms with E-state index in [0.717, 1.165) is 0 Å². The number of furan rings is 1. The zero-order chi connectivity index (χ0) is 16.3. The van der Waals surface area contributed by atoms with Gasteiger partial charge in [-0.05, 0) is 48.8 Å². The summed E-state index contributed by atoms with van der Waals surface area (Å²) in [4.78, 5) is 23.9. The molecule has 0 saturated heterocycles. The smallest absolute Gasteiger partial charge is 0.375 e. The number of nitrogens with one attached hydrogen (secondary N) is 1. The van der Waals surface area contributed by atoms with E-state index in [1.54, 1.807) is 23.0 Å². The summed E-state index contributed by atoms with van der Waals surface area (Å²) >= 11 is 3.09. The van der Waals surface area contributed by atoms with E-state index in [1.165, 1.54) is 13.0 Å². The predicted molar refractivity (Wildman–Crippen MR) is 82.5 cm³/mol. The van der Waals surface area contributed by atoms with E-state index >= 15 is 0 Å². The van der Waals surface area contributed by atoms with Crippen LogP contribution < -0.4 is 5.32 Å². The summed E-state index contributed by atoms with van der Waals surface area (Å²) < 4.78 is 12.2. The van der Waals surface area contributed by atoms with Crippen molar-refractivity contribution >= 4 is 33.6 Å². The number of anilines is 1. The minimum atomic E-state index is -0.966. The summed E-state index contributed by atoms with van der Waals surface area (Å²) in [7, 11) is 0. The second-order valence-electron chi connectivity index (χ2n) is 4.90. The molecule has 0 radical (unpaired) electrons. The second kappa shape index (κ2) is 6.78. The van der Waals surface area contributed by atoms with Gasteiger partial charge in [0.1, 0.15) is 5.82 Å². The van der Waals surface area contributed by atoms with Gasteiger partial charge >= 0.3 is 5.97 Å². The molecule has 22 heavy (non-hydrogen) atoms. The van der Waals surface area contributed by atoms with Crippen molar-refractivity contribution in [3.05, 3.63) is 34.8 Å². The minimum Gasteiger partial charge on any atom is -0.447 e. The van der Waals surface area contributed by atoms with Crippen LogP contribution in [0.5, 0.6) is 0 Å². The summed E-state index contributed by atoms with van der Waals surface area (Å²) in [5.74, 6) is -0.575. The van der Waals surface area contributed by atoms with Crippen LogP contribution in [0.3, 0.4) is 0 Å². The number of halogens is 1. The number of hydrogen-bond donors (Lipinski definition) is 1. The SMILES string of the molecule is CC(C)n1nccc1NC(=O)[C@H](C)OC(=O)c1ccc(Br)o1. The number of ether oxygens (including phenoxy) is 1. The molecule has 2 heterocycles. The molecule has 0 saturated carbocycles. The van der Waals surface area contributed by atoms with Crippen molar-refractivity contribution in [1.82, 2.24) is 9.78 Å². The van der Waals surface area contributed by atoms with E-state index in [9.17, 15) is 9.59 Å². The number of nitrogens with zero attached hydrogens (tertiary/aromatic N) is 2. The molecule has 0 fully saturated rings. The normalized spacial score (nSPS) is 12.2. The van der Waals surface area contributed by atoms with Gasteiger partial charge in [-0.2, -0.15) is 5.10 Å². The molecule has 0 spiro atoms. The van der Waals surface area contributed by atoms with Gasteiger partial charge in [0.2, 0.25) is 5.76 Å². The molecule has 1 N–H and O–H groups in total. The van der Waals surface area contributed by atoms with Gasteiger partial charge in [0.25, 0.3) is 5.91 Å². The van der Waals surface area contributed by atoms with Gasteiger partial charge in [-0.3, -0.25) is 4.79 Å². The van der Waals surface area contributed by atoms with Crippen LogP contribution in [0, 0.1) is 0 Å². The largest absolute Gasteiger partial charge is 0.447 e. The summed E-state index contributed by atoms with van der Waals surface area (Å²) in [5.41, 5.74) is 0. The Bertz CT molecular complexity index is 677. The molecule has 7 nitrogen and oxygen atoms in total. The Morgan fingerprint density at radius 3 is 2.64 bits per heavy atom. The monoisotopic (exact) mass is 369 g/mol. The highest BCUT2D eigenvalue weighted by Crippen LogP contribution is 2.16. The van der Waals surface area contributed by atoms with Crippen LogP contribution in [0.4, 0.5) is 5.82 Å². The van der Waals surface area contributed by atoms with Crippen LogP contribution in [0.25, 0.3) is 0 Å². The zero-order valence-corrected chi connectivity index (χ0v) is 14.0. The van der Waals surface area contributed by atoms with Gasteiger partial charge in [-0.15, -0.1) is 0 Å². The van der Waals surface area contributed by atoms with E-state index < -0.39 is 18.0 Å². The number of aromatic nitrogens is 2. The maximum absolute atomic E-state index is 12.1. The molecule has 1 amide bonds. The predicted octanol–water partition coefficient (Wildman–Crippen LogP) is 3.00. The lowest BCUT2D eigenvalue weighted by atomic mass is 10.3. The van der Waals surface area contributed by atoms with E-state index in [4.69, 9.17) is 9.15 Å². The van der Waals surface area contributed by atoms with Gasteiger partial charge < -0.3 is 14.5 Å². The molecule has 0 aliphatic rings. The molecule has 0 aliphatic heterocycles. The molecule has 8 heteroatoms. The molecule has 0 aliphatic carbocycles. The first-order valence-electron chi connectivity index (χ1n) is 6.69. The molecule has 1 atom stereocenters. The number of carbonyl (C=O) groups excluding carboxylic acids is 2. The lowest BCUT2D eigenvalue weighted by Crippen LogP contribution is -2.31. The number of amides is 1. The van der Waals surface area contributed by atoms with Crippen LogP contribution in [0.1, 0.15) is 37.4 Å². The molecule has 2 rings (SSSR count). The Morgan fingerprint density at radius 1 is 1.32 bits per heavy atom. The maximum Gasteiger partial charge on any atom is 0.375 e. The zero-order valence-electron chi connectivity index (χ0n) is 12.4. The molecule has 2 aromatic rings. The number of rotatable bonds is 5. The Kier molecular flexibility index (Phi) is 5.02. The van der Waals surface area contributed by atoms with Crippen molar-refractivity contribution in [1.29, 1.82) is 0 Å². The highest BCUT2D eigenvalue weighted by Gasteiger charge is 2.22. The molecular formula is C14H16BrN3O4. The van der Waals surface area contributed by atoms with E-state index in [0.29, 0.717) is 10.5 Å². The van der Waals surface area contributed by atoms with Crippen molar-refractivity contribution in [2.24, 2.45) is 0 Å². The number of esters is 1. The molecular weight excluding hydrogens is 354 g/mol. The fourth-order valence-corrected chi connectivity index (χ4v) is 2.06. The van der Waals surface area contributed by atoms with E-state index in [1.807, 2.05) is 13.8 Å². The topological polar surface area (TPSA) is 86.4 Å². The summed E-state index contributed by atoms with van der Waals surface area (Å²) in [5, 5.41) is 6.79. The van der Waals surface area contributed by atoms with Crippen molar-refractivity contribution in [3.63, 3.8) is 0 Å². The van der Waals surface area contributed by atoms with Gasteiger partial charge in [-0.25, -0.2) is 9.48 Å². The lowest BCUT2D eigenvalue weighted by molar-refractivity contribution is -0.123. The highest BCUT2D eigenvalue weighted by molar-refractivity contribution is 9.10. The average molecular weight is 370 g/mol. The van der Waals surface area contributed by atoms with Crippen LogP contribution in [0.2, 0.25) is 0 Å². The van der Waals surface area contributed by atoms with Gasteiger partial charge in [0, 0.05) is 12.1 Å². The summed E-state index contributed by atoms with van der Waals surface area (Å²) in [6, 6.07) is 4.81. The van der Waals surface area contributed by atoms with E-state index in [-0.39, 0.29) is 11.8 Å². The molecule has 118 valence electrons. The van der Waals surface area contributed by atoms with Gasteiger partial charge in [-0.1, -0.05) is 0 Å². The summed E-state index contributed by atoms with van der Waals surface area (Å²) in [6.45, 7) is 5.38. The summed E-state index contributed by atoms with van der Waals surface area (Å²) in [6.07, 6.45) is 0.624. The first kappa shape index (κ1) is 16.3. The third-order valence-electron chi connectivity index (χ3n) is 2.84. The molecule has 0 unspecified atom stereocenters. The van der Waals surface area contributed by atoms with Crippen LogP contribution >= 0.6 is 15.9 Å². The molecule has 0 bridgehead atoms. The third-order valence-corrected chi connectivity index (χ3v) is 3.26. The fraction of sp³-hybridized carbons (Fsp3) is 0.357. The van der Waals surface area contributed by atoms with E-state index in [2.05, 4.69) is 26.3 Å². The minimum absolute atomic E-state index is 0.0266. The van der Waals surface area contributed by atoms with Crippen molar-refractivity contribution in [3.8, 4) is 0 Å². The highest BCUT2D eigenvalue weighted by atomic mass is 79.9. The third kappa shape index (κ3) is 3.76. The lowest BCUT2D eigenvalue weighted by Gasteiger charge is -2.15. The van der Waals surface area contributed by atoms with Crippen molar-refractivity contribution < 1.29 is 18.7 Å². The first-order chi connectivity index (χ1) is 10.4. The number of hydrogen-bond acceptors (Lipinski definition) is 5. The van der Waals surface area contributed by atoms with Gasteiger partial charge in [0.05, 0.1) is 6.20 Å². The Hall–Kier alpha value is -2.09. The van der Waals surface area contributed by atoms with Crippen molar-refractivity contribution in [2.75, 3.05) is 5.32 Å². The van der Waals surface area contributed by atoms with Crippen LogP contribution in [-0.4, -0.2) is 27.8 Å². The first-order valence-corrected chi connectivity index (χ1v) is 7.48.